The Kier molecular flexibility index (Phi) is 4.59. The highest BCUT2D eigenvalue weighted by atomic mass is 16.4. The van der Waals surface area contributed by atoms with Crippen molar-refractivity contribution in [1.82, 2.24) is 9.88 Å². The van der Waals surface area contributed by atoms with Crippen LogP contribution in [-0.4, -0.2) is 40.0 Å². The average Bonchev–Trinajstić information content (AvgIpc) is 3.14. The van der Waals surface area contributed by atoms with Crippen LogP contribution in [-0.2, 0) is 4.79 Å². The number of rotatable bonds is 3. The number of aromatic nitrogens is 1. The summed E-state index contributed by atoms with van der Waals surface area (Å²) in [5.74, 6) is -1.82. The first-order valence-electron chi connectivity index (χ1n) is 9.39. The minimum Gasteiger partial charge on any atom is -0.481 e. The number of nitrogens with zero attached hydrogens (tertiary/aromatic N) is 2. The molecular weight excluding hydrogens is 352 g/mol. The number of aryl methyl sites for hydroxylation is 2. The number of carbonyl (C=O) groups excluding carboxylic acids is 1. The van der Waals surface area contributed by atoms with Gasteiger partial charge in [0.25, 0.3) is 5.91 Å². The monoisotopic (exact) mass is 374 g/mol. The minimum atomic E-state index is -0.865. The maximum Gasteiger partial charge on any atom is 0.308 e. The number of carboxylic acids is 1. The van der Waals surface area contributed by atoms with Crippen molar-refractivity contribution in [3.8, 4) is 0 Å². The molecule has 5 nitrogen and oxygen atoms in total. The van der Waals surface area contributed by atoms with Gasteiger partial charge in [0.2, 0.25) is 0 Å². The fraction of sp³-hybridized carbons (Fsp3) is 0.261. The molecule has 5 heteroatoms. The highest BCUT2D eigenvalue weighted by Gasteiger charge is 2.40. The second-order valence-corrected chi connectivity index (χ2v) is 7.45. The van der Waals surface area contributed by atoms with Crippen molar-refractivity contribution in [2.24, 2.45) is 5.92 Å². The first kappa shape index (κ1) is 18.2. The summed E-state index contributed by atoms with van der Waals surface area (Å²) in [6.45, 7) is 4.46. The second kappa shape index (κ2) is 7.08. The van der Waals surface area contributed by atoms with Crippen LogP contribution < -0.4 is 0 Å². The molecule has 4 rings (SSSR count). The van der Waals surface area contributed by atoms with Gasteiger partial charge in [-0.3, -0.25) is 14.6 Å². The van der Waals surface area contributed by atoms with E-state index in [9.17, 15) is 14.7 Å². The van der Waals surface area contributed by atoms with Crippen molar-refractivity contribution < 1.29 is 14.7 Å². The number of aliphatic carboxylic acids is 1. The van der Waals surface area contributed by atoms with Gasteiger partial charge in [-0.15, -0.1) is 0 Å². The van der Waals surface area contributed by atoms with Crippen LogP contribution in [0.2, 0.25) is 0 Å². The predicted octanol–water partition coefficient (Wildman–Crippen LogP) is 3.79. The Bertz CT molecular complexity index is 1060. The van der Waals surface area contributed by atoms with E-state index in [-0.39, 0.29) is 18.4 Å². The Hall–Kier alpha value is -3.21. The van der Waals surface area contributed by atoms with E-state index in [2.05, 4.69) is 4.98 Å². The highest BCUT2D eigenvalue weighted by molar-refractivity contribution is 6.07. The van der Waals surface area contributed by atoms with Crippen LogP contribution in [0.15, 0.2) is 54.6 Å². The topological polar surface area (TPSA) is 70.5 Å². The zero-order chi connectivity index (χ0) is 19.8. The van der Waals surface area contributed by atoms with Crippen LogP contribution >= 0.6 is 0 Å². The summed E-state index contributed by atoms with van der Waals surface area (Å²) >= 11 is 0. The molecule has 142 valence electrons. The largest absolute Gasteiger partial charge is 0.481 e. The average molecular weight is 374 g/mol. The van der Waals surface area contributed by atoms with Crippen LogP contribution in [0, 0.1) is 19.8 Å². The fourth-order valence-corrected chi connectivity index (χ4v) is 4.13. The number of hydrogen-bond acceptors (Lipinski definition) is 3. The summed E-state index contributed by atoms with van der Waals surface area (Å²) in [4.78, 5) is 31.5. The smallest absolute Gasteiger partial charge is 0.308 e. The van der Waals surface area contributed by atoms with Gasteiger partial charge in [0.15, 0.2) is 0 Å². The van der Waals surface area contributed by atoms with Crippen molar-refractivity contribution in [2.45, 2.75) is 19.8 Å². The number of carbonyl (C=O) groups is 2. The molecule has 2 atom stereocenters. The van der Waals surface area contributed by atoms with Crippen molar-refractivity contribution in [1.29, 1.82) is 0 Å². The minimum absolute atomic E-state index is 0.134. The summed E-state index contributed by atoms with van der Waals surface area (Å²) in [6.07, 6.45) is 0. The number of benzene rings is 2. The number of para-hydroxylation sites is 1. The van der Waals surface area contributed by atoms with Crippen LogP contribution in [0.3, 0.4) is 0 Å². The van der Waals surface area contributed by atoms with Gasteiger partial charge in [-0.2, -0.15) is 0 Å². The van der Waals surface area contributed by atoms with Gasteiger partial charge in [0.1, 0.15) is 0 Å². The molecule has 0 aliphatic carbocycles. The molecule has 2 aromatic carbocycles. The van der Waals surface area contributed by atoms with E-state index in [4.69, 9.17) is 0 Å². The van der Waals surface area contributed by atoms with Crippen molar-refractivity contribution >= 4 is 22.8 Å². The van der Waals surface area contributed by atoms with E-state index in [1.807, 2.05) is 62.4 Å². The standard InChI is InChI=1S/C23H22N2O3/c1-14-7-6-10-17-18(11-15(2)24-21(14)17)22(26)25-12-19(20(13-25)23(27)28)16-8-4-3-5-9-16/h3-11,19-20H,12-13H2,1-2H3,(H,27,28)/t19-,20+/m1/s1. The Morgan fingerprint density at radius 2 is 1.79 bits per heavy atom. The summed E-state index contributed by atoms with van der Waals surface area (Å²) in [6, 6.07) is 17.2. The molecule has 1 aliphatic heterocycles. The zero-order valence-corrected chi connectivity index (χ0v) is 15.9. The van der Waals surface area contributed by atoms with Crippen molar-refractivity contribution in [2.75, 3.05) is 13.1 Å². The summed E-state index contributed by atoms with van der Waals surface area (Å²) < 4.78 is 0. The SMILES string of the molecule is Cc1cc(C(=O)N2C[C@H](C(=O)O)[C@@H](c3ccccc3)C2)c2cccc(C)c2n1. The molecular formula is C23H22N2O3. The molecule has 28 heavy (non-hydrogen) atoms. The third kappa shape index (κ3) is 3.13. The van der Waals surface area contributed by atoms with E-state index in [0.717, 1.165) is 27.7 Å². The Morgan fingerprint density at radius 1 is 1.04 bits per heavy atom. The molecule has 0 saturated carbocycles. The number of pyridine rings is 1. The lowest BCUT2D eigenvalue weighted by Gasteiger charge is -2.18. The van der Waals surface area contributed by atoms with Gasteiger partial charge >= 0.3 is 5.97 Å². The number of amides is 1. The molecule has 0 unspecified atom stereocenters. The summed E-state index contributed by atoms with van der Waals surface area (Å²) in [7, 11) is 0. The molecule has 2 heterocycles. The molecule has 1 saturated heterocycles. The summed E-state index contributed by atoms with van der Waals surface area (Å²) in [5.41, 5.74) is 4.15. The maximum absolute atomic E-state index is 13.4. The molecule has 0 radical (unpaired) electrons. The molecule has 1 amide bonds. The van der Waals surface area contributed by atoms with E-state index in [1.54, 1.807) is 11.0 Å². The molecule has 1 aliphatic rings. The van der Waals surface area contributed by atoms with Crippen LogP contribution in [0.1, 0.15) is 33.1 Å². The Balaban J connectivity index is 1.72. The van der Waals surface area contributed by atoms with Crippen LogP contribution in [0.5, 0.6) is 0 Å². The molecule has 0 spiro atoms. The highest BCUT2D eigenvalue weighted by Crippen LogP contribution is 2.34. The second-order valence-electron chi connectivity index (χ2n) is 7.45. The first-order chi connectivity index (χ1) is 13.5. The van der Waals surface area contributed by atoms with Crippen molar-refractivity contribution in [3.63, 3.8) is 0 Å². The molecule has 1 N–H and O–H groups in total. The fourth-order valence-electron chi connectivity index (χ4n) is 4.13. The first-order valence-corrected chi connectivity index (χ1v) is 9.39. The third-order valence-corrected chi connectivity index (χ3v) is 5.55. The van der Waals surface area contributed by atoms with Crippen LogP contribution in [0.25, 0.3) is 10.9 Å². The van der Waals surface area contributed by atoms with E-state index in [1.165, 1.54) is 0 Å². The third-order valence-electron chi connectivity index (χ3n) is 5.55. The number of hydrogen-bond donors (Lipinski definition) is 1. The lowest BCUT2D eigenvalue weighted by molar-refractivity contribution is -0.141. The number of fused-ring (bicyclic) bond motifs is 1. The predicted molar refractivity (Wildman–Crippen MR) is 107 cm³/mol. The van der Waals surface area contributed by atoms with Crippen LogP contribution in [0.4, 0.5) is 0 Å². The molecule has 1 fully saturated rings. The molecule has 3 aromatic rings. The summed E-state index contributed by atoms with van der Waals surface area (Å²) in [5, 5.41) is 10.5. The number of carboxylic acid groups (broad SMARTS) is 1. The Labute approximate surface area is 163 Å². The maximum atomic E-state index is 13.4. The molecule has 1 aromatic heterocycles. The lowest BCUT2D eigenvalue weighted by atomic mass is 9.89. The lowest BCUT2D eigenvalue weighted by Crippen LogP contribution is -2.30. The van der Waals surface area contributed by atoms with Gasteiger partial charge in [0.05, 0.1) is 17.0 Å². The zero-order valence-electron chi connectivity index (χ0n) is 15.9. The van der Waals surface area contributed by atoms with E-state index < -0.39 is 11.9 Å². The Morgan fingerprint density at radius 3 is 2.50 bits per heavy atom. The quantitative estimate of drug-likeness (QED) is 0.757. The van der Waals surface area contributed by atoms with E-state index >= 15 is 0 Å². The normalized spacial score (nSPS) is 19.1. The number of likely N-dealkylation sites (tertiary alicyclic amines) is 1. The van der Waals surface area contributed by atoms with Gasteiger partial charge in [-0.05, 0) is 31.0 Å². The van der Waals surface area contributed by atoms with Gasteiger partial charge in [0, 0.05) is 30.1 Å². The van der Waals surface area contributed by atoms with Crippen molar-refractivity contribution in [3.05, 3.63) is 77.0 Å². The van der Waals surface area contributed by atoms with Gasteiger partial charge in [-0.1, -0.05) is 48.5 Å². The van der Waals surface area contributed by atoms with E-state index in [0.29, 0.717) is 12.1 Å². The van der Waals surface area contributed by atoms with Gasteiger partial charge < -0.3 is 10.0 Å². The molecule has 0 bridgehead atoms. The van der Waals surface area contributed by atoms with Gasteiger partial charge in [-0.25, -0.2) is 0 Å².